The Hall–Kier alpha value is -2.51. The molecule has 0 spiro atoms. The van der Waals surface area contributed by atoms with Gasteiger partial charge in [0.05, 0.1) is 18.1 Å². The molecule has 0 amide bonds. The van der Waals surface area contributed by atoms with E-state index in [2.05, 4.69) is 9.97 Å². The number of hydrogen-bond acceptors (Lipinski definition) is 6. The molecule has 7 heteroatoms. The van der Waals surface area contributed by atoms with Crippen LogP contribution in [0.3, 0.4) is 0 Å². The number of H-pyrrole nitrogens is 1. The van der Waals surface area contributed by atoms with E-state index in [1.165, 1.54) is 6.26 Å². The number of aromatic nitrogens is 2. The molecule has 0 aromatic carbocycles. The summed E-state index contributed by atoms with van der Waals surface area (Å²) >= 11 is 1.09. The molecule has 0 saturated heterocycles. The van der Waals surface area contributed by atoms with Crippen molar-refractivity contribution in [2.24, 2.45) is 0 Å². The third-order valence-corrected chi connectivity index (χ3v) is 2.78. The first kappa shape index (κ1) is 12.0. The average molecular weight is 258 g/mol. The molecule has 0 saturated carbocycles. The molecule has 0 bridgehead atoms. The van der Waals surface area contributed by atoms with Gasteiger partial charge < -0.3 is 9.40 Å². The van der Waals surface area contributed by atoms with Crippen LogP contribution < -0.4 is 5.56 Å². The fourth-order valence-electron chi connectivity index (χ4n) is 1.32. The number of thioether (sulfide) groups is 1. The summed E-state index contributed by atoms with van der Waals surface area (Å²) in [5.41, 5.74) is -0.461. The van der Waals surface area contributed by atoms with Crippen molar-refractivity contribution < 1.29 is 4.42 Å². The maximum atomic E-state index is 11.7. The largest absolute Gasteiger partial charge is 0.463 e. The van der Waals surface area contributed by atoms with Gasteiger partial charge in [-0.2, -0.15) is 10.5 Å². The van der Waals surface area contributed by atoms with Crippen molar-refractivity contribution in [3.8, 4) is 23.6 Å². The van der Waals surface area contributed by atoms with Gasteiger partial charge >= 0.3 is 0 Å². The molecule has 1 N–H and O–H groups in total. The molecule has 6 nitrogen and oxygen atoms in total. The Labute approximate surface area is 106 Å². The molecule has 2 rings (SSSR count). The maximum absolute atomic E-state index is 11.7. The molecule has 0 aliphatic rings. The summed E-state index contributed by atoms with van der Waals surface area (Å²) in [6, 6.07) is 6.98. The second-order valence-corrected chi connectivity index (χ2v) is 4.09. The molecule has 0 unspecified atom stereocenters. The number of rotatable bonds is 3. The standard InChI is InChI=1S/C11H6N4O2S/c12-3-5-18-11-14-9(8-2-1-4-17-8)7(6-13)10(16)15-11/h1-2,4H,5H2,(H,14,15,16). The number of hydrogen-bond donors (Lipinski definition) is 1. The van der Waals surface area contributed by atoms with Gasteiger partial charge in [-0.1, -0.05) is 11.8 Å². The van der Waals surface area contributed by atoms with Crippen molar-refractivity contribution in [1.29, 1.82) is 10.5 Å². The first-order valence-electron chi connectivity index (χ1n) is 4.84. The van der Waals surface area contributed by atoms with Crippen LogP contribution in [-0.2, 0) is 0 Å². The van der Waals surface area contributed by atoms with E-state index in [1.807, 2.05) is 6.07 Å². The Kier molecular flexibility index (Phi) is 3.46. The van der Waals surface area contributed by atoms with Crippen LogP contribution >= 0.6 is 11.8 Å². The number of nitrogens with zero attached hydrogens (tertiary/aromatic N) is 3. The minimum atomic E-state index is -0.542. The molecule has 2 heterocycles. The summed E-state index contributed by atoms with van der Waals surface area (Å²) in [6.45, 7) is 0. The predicted octanol–water partition coefficient (Wildman–Crippen LogP) is 1.52. The minimum Gasteiger partial charge on any atom is -0.463 e. The van der Waals surface area contributed by atoms with Gasteiger partial charge in [0, 0.05) is 0 Å². The third-order valence-electron chi connectivity index (χ3n) is 2.04. The Balaban J connectivity index is 2.56. The SMILES string of the molecule is N#CCSc1nc(-c2ccco2)c(C#N)c(=O)[nH]1. The van der Waals surface area contributed by atoms with Gasteiger partial charge in [0.15, 0.2) is 10.9 Å². The van der Waals surface area contributed by atoms with E-state index in [-0.39, 0.29) is 22.2 Å². The van der Waals surface area contributed by atoms with Gasteiger partial charge in [0.1, 0.15) is 17.3 Å². The predicted molar refractivity (Wildman–Crippen MR) is 63.6 cm³/mol. The minimum absolute atomic E-state index is 0.105. The quantitative estimate of drug-likeness (QED) is 0.660. The van der Waals surface area contributed by atoms with E-state index < -0.39 is 5.56 Å². The van der Waals surface area contributed by atoms with E-state index in [9.17, 15) is 4.79 Å². The van der Waals surface area contributed by atoms with Gasteiger partial charge in [-0.15, -0.1) is 0 Å². The van der Waals surface area contributed by atoms with E-state index in [0.29, 0.717) is 5.76 Å². The first-order valence-corrected chi connectivity index (χ1v) is 5.83. The highest BCUT2D eigenvalue weighted by Crippen LogP contribution is 2.21. The molecule has 0 aliphatic carbocycles. The highest BCUT2D eigenvalue weighted by molar-refractivity contribution is 7.99. The monoisotopic (exact) mass is 258 g/mol. The maximum Gasteiger partial charge on any atom is 0.270 e. The van der Waals surface area contributed by atoms with Crippen LogP contribution in [0, 0.1) is 22.7 Å². The molecule has 0 fully saturated rings. The van der Waals surface area contributed by atoms with Gasteiger partial charge in [0.2, 0.25) is 0 Å². The van der Waals surface area contributed by atoms with Crippen LogP contribution in [0.1, 0.15) is 5.56 Å². The zero-order chi connectivity index (χ0) is 13.0. The summed E-state index contributed by atoms with van der Waals surface area (Å²) in [7, 11) is 0. The molecular formula is C11H6N4O2S. The number of aromatic amines is 1. The van der Waals surface area contributed by atoms with Crippen LogP contribution in [0.2, 0.25) is 0 Å². The van der Waals surface area contributed by atoms with Crippen molar-refractivity contribution in [1.82, 2.24) is 9.97 Å². The van der Waals surface area contributed by atoms with Crippen molar-refractivity contribution in [2.45, 2.75) is 5.16 Å². The van der Waals surface area contributed by atoms with Gasteiger partial charge in [0.25, 0.3) is 5.56 Å². The van der Waals surface area contributed by atoms with E-state index >= 15 is 0 Å². The topological polar surface area (TPSA) is 106 Å². The molecule has 0 aliphatic heterocycles. The normalized spacial score (nSPS) is 9.67. The molecule has 0 radical (unpaired) electrons. The van der Waals surface area contributed by atoms with Crippen molar-refractivity contribution >= 4 is 11.8 Å². The summed E-state index contributed by atoms with van der Waals surface area (Å²) in [6.07, 6.45) is 1.43. The lowest BCUT2D eigenvalue weighted by Crippen LogP contribution is -2.14. The highest BCUT2D eigenvalue weighted by atomic mass is 32.2. The fourth-order valence-corrected chi connectivity index (χ4v) is 1.84. The van der Waals surface area contributed by atoms with Gasteiger partial charge in [-0.3, -0.25) is 4.79 Å². The highest BCUT2D eigenvalue weighted by Gasteiger charge is 2.15. The smallest absolute Gasteiger partial charge is 0.270 e. The van der Waals surface area contributed by atoms with Crippen LogP contribution in [0.25, 0.3) is 11.5 Å². The number of furan rings is 1. The lowest BCUT2D eigenvalue weighted by Gasteiger charge is -2.02. The molecule has 2 aromatic rings. The molecular weight excluding hydrogens is 252 g/mol. The Morgan fingerprint density at radius 2 is 2.33 bits per heavy atom. The van der Waals surface area contributed by atoms with Crippen LogP contribution in [0.5, 0.6) is 0 Å². The molecule has 0 atom stereocenters. The van der Waals surface area contributed by atoms with Crippen LogP contribution in [0.4, 0.5) is 0 Å². The van der Waals surface area contributed by atoms with Gasteiger partial charge in [-0.25, -0.2) is 4.98 Å². The average Bonchev–Trinajstić information content (AvgIpc) is 2.89. The first-order chi connectivity index (χ1) is 8.76. The van der Waals surface area contributed by atoms with E-state index in [0.717, 1.165) is 11.8 Å². The lowest BCUT2D eigenvalue weighted by molar-refractivity contribution is 0.578. The number of nitriles is 2. The fraction of sp³-hybridized carbons (Fsp3) is 0.0909. The van der Waals surface area contributed by atoms with Crippen LogP contribution in [-0.4, -0.2) is 15.7 Å². The van der Waals surface area contributed by atoms with Crippen molar-refractivity contribution in [3.63, 3.8) is 0 Å². The van der Waals surface area contributed by atoms with Crippen LogP contribution in [0.15, 0.2) is 32.8 Å². The summed E-state index contributed by atoms with van der Waals surface area (Å²) in [4.78, 5) is 18.3. The zero-order valence-corrected chi connectivity index (χ0v) is 9.82. The summed E-state index contributed by atoms with van der Waals surface area (Å²) < 4.78 is 5.14. The van der Waals surface area contributed by atoms with Crippen molar-refractivity contribution in [2.75, 3.05) is 5.75 Å². The molecule has 18 heavy (non-hydrogen) atoms. The Bertz CT molecular complexity index is 691. The summed E-state index contributed by atoms with van der Waals surface area (Å²) in [5.74, 6) is 0.503. The van der Waals surface area contributed by atoms with E-state index in [1.54, 1.807) is 18.2 Å². The Morgan fingerprint density at radius 1 is 1.50 bits per heavy atom. The zero-order valence-electron chi connectivity index (χ0n) is 9.01. The molecule has 2 aromatic heterocycles. The van der Waals surface area contributed by atoms with E-state index in [4.69, 9.17) is 14.9 Å². The second-order valence-electron chi connectivity index (χ2n) is 3.13. The Morgan fingerprint density at radius 3 is 2.94 bits per heavy atom. The van der Waals surface area contributed by atoms with Crippen molar-refractivity contribution in [3.05, 3.63) is 34.3 Å². The third kappa shape index (κ3) is 2.26. The number of nitrogens with one attached hydrogen (secondary N) is 1. The van der Waals surface area contributed by atoms with Gasteiger partial charge in [-0.05, 0) is 12.1 Å². The summed E-state index contributed by atoms with van der Waals surface area (Å²) in [5, 5.41) is 17.7. The molecule has 88 valence electrons. The second kappa shape index (κ2) is 5.21. The lowest BCUT2D eigenvalue weighted by atomic mass is 10.2.